The summed E-state index contributed by atoms with van der Waals surface area (Å²) < 4.78 is 5.65. The lowest BCUT2D eigenvalue weighted by Gasteiger charge is -2.22. The molecule has 0 aromatic heterocycles. The Kier molecular flexibility index (Phi) is 3.54. The third-order valence-electron chi connectivity index (χ3n) is 6.32. The van der Waals surface area contributed by atoms with Gasteiger partial charge in [0.1, 0.15) is 12.6 Å². The van der Waals surface area contributed by atoms with Gasteiger partial charge in [0.2, 0.25) is 0 Å². The van der Waals surface area contributed by atoms with Crippen molar-refractivity contribution in [1.29, 1.82) is 0 Å². The minimum absolute atomic E-state index is 0.0119. The van der Waals surface area contributed by atoms with Gasteiger partial charge in [0.05, 0.1) is 0 Å². The van der Waals surface area contributed by atoms with Crippen molar-refractivity contribution >= 4 is 12.1 Å². The number of nitrogens with zero attached hydrogens (tertiary/aromatic N) is 1. The second-order valence-electron chi connectivity index (χ2n) is 7.99. The molecule has 3 aliphatic rings. The number of carboxylic acid groups (broad SMARTS) is 1. The lowest BCUT2D eigenvalue weighted by atomic mass is 9.98. The molecule has 2 aromatic rings. The average molecular weight is 363 g/mol. The number of benzene rings is 2. The lowest BCUT2D eigenvalue weighted by Crippen LogP contribution is -2.41. The standard InChI is InChI=1S/C22H21NO4/c24-20(25)19-11-22(9-10-22)13-23(19)21(26)27-12-18-16-7-3-1-5-14(16)15-6-2-4-8-17(15)18/h1-8,18-19H,9-13H2,(H,24,25). The van der Waals surface area contributed by atoms with Gasteiger partial charge in [0.15, 0.2) is 0 Å². The summed E-state index contributed by atoms with van der Waals surface area (Å²) in [6.07, 6.45) is 2.05. The van der Waals surface area contributed by atoms with Crippen molar-refractivity contribution in [3.63, 3.8) is 0 Å². The molecule has 2 aliphatic carbocycles. The van der Waals surface area contributed by atoms with Crippen LogP contribution >= 0.6 is 0 Å². The molecular formula is C22H21NO4. The summed E-state index contributed by atoms with van der Waals surface area (Å²) in [4.78, 5) is 25.7. The Bertz CT molecular complexity index is 888. The van der Waals surface area contributed by atoms with Gasteiger partial charge in [-0.05, 0) is 46.9 Å². The van der Waals surface area contributed by atoms with Crippen LogP contribution in [-0.4, -0.2) is 41.3 Å². The van der Waals surface area contributed by atoms with E-state index in [2.05, 4.69) is 24.3 Å². The first-order valence-electron chi connectivity index (χ1n) is 9.42. The van der Waals surface area contributed by atoms with Gasteiger partial charge in [-0.1, -0.05) is 48.5 Å². The second kappa shape index (κ2) is 5.84. The molecule has 5 heteroatoms. The van der Waals surface area contributed by atoms with Crippen molar-refractivity contribution in [2.45, 2.75) is 31.2 Å². The van der Waals surface area contributed by atoms with Crippen LogP contribution in [0.15, 0.2) is 48.5 Å². The van der Waals surface area contributed by atoms with Gasteiger partial charge in [-0.15, -0.1) is 0 Å². The minimum atomic E-state index is -0.938. The van der Waals surface area contributed by atoms with Crippen LogP contribution in [0.1, 0.15) is 36.3 Å². The van der Waals surface area contributed by atoms with E-state index in [1.807, 2.05) is 24.3 Å². The summed E-state index contributed by atoms with van der Waals surface area (Å²) >= 11 is 0. The lowest BCUT2D eigenvalue weighted by molar-refractivity contribution is -0.141. The highest BCUT2D eigenvalue weighted by atomic mass is 16.6. The van der Waals surface area contributed by atoms with Crippen LogP contribution < -0.4 is 0 Å². The fraction of sp³-hybridized carbons (Fsp3) is 0.364. The van der Waals surface area contributed by atoms with Crippen LogP contribution in [-0.2, 0) is 9.53 Å². The molecule has 1 heterocycles. The van der Waals surface area contributed by atoms with E-state index >= 15 is 0 Å². The zero-order chi connectivity index (χ0) is 18.6. The Morgan fingerprint density at radius 2 is 1.63 bits per heavy atom. The Morgan fingerprint density at radius 1 is 1.04 bits per heavy atom. The molecule has 0 radical (unpaired) electrons. The molecule has 5 rings (SSSR count). The van der Waals surface area contributed by atoms with Crippen LogP contribution in [0.5, 0.6) is 0 Å². The molecule has 1 N–H and O–H groups in total. The summed E-state index contributed by atoms with van der Waals surface area (Å²) in [5, 5.41) is 9.48. The van der Waals surface area contributed by atoms with Crippen molar-refractivity contribution < 1.29 is 19.4 Å². The van der Waals surface area contributed by atoms with Crippen LogP contribution in [0, 0.1) is 5.41 Å². The number of carbonyl (C=O) groups is 2. The molecule has 2 aromatic carbocycles. The van der Waals surface area contributed by atoms with Gasteiger partial charge in [-0.2, -0.15) is 0 Å². The van der Waals surface area contributed by atoms with E-state index in [1.54, 1.807) is 0 Å². The van der Waals surface area contributed by atoms with Gasteiger partial charge in [-0.3, -0.25) is 4.90 Å². The highest BCUT2D eigenvalue weighted by Gasteiger charge is 2.55. The van der Waals surface area contributed by atoms with E-state index in [0.29, 0.717) is 13.0 Å². The first-order valence-corrected chi connectivity index (χ1v) is 9.42. The SMILES string of the molecule is O=C(O)C1CC2(CC2)CN1C(=O)OCC1c2ccccc2-c2ccccc21. The minimum Gasteiger partial charge on any atom is -0.480 e. The molecule has 1 aliphatic heterocycles. The quantitative estimate of drug-likeness (QED) is 0.899. The zero-order valence-electron chi connectivity index (χ0n) is 14.9. The van der Waals surface area contributed by atoms with Crippen molar-refractivity contribution in [2.24, 2.45) is 5.41 Å². The predicted molar refractivity (Wildman–Crippen MR) is 99.5 cm³/mol. The first-order chi connectivity index (χ1) is 13.1. The number of ether oxygens (including phenoxy) is 1. The molecule has 138 valence electrons. The normalized spacial score (nSPS) is 21.8. The topological polar surface area (TPSA) is 66.8 Å². The fourth-order valence-electron chi connectivity index (χ4n) is 4.68. The largest absolute Gasteiger partial charge is 0.480 e. The maximum atomic E-state index is 12.7. The number of fused-ring (bicyclic) bond motifs is 3. The summed E-state index contributed by atoms with van der Waals surface area (Å²) in [5.41, 5.74) is 4.68. The first kappa shape index (κ1) is 16.4. The Balaban J connectivity index is 1.36. The fourth-order valence-corrected chi connectivity index (χ4v) is 4.68. The molecule has 5 nitrogen and oxygen atoms in total. The number of hydrogen-bond donors (Lipinski definition) is 1. The number of hydrogen-bond acceptors (Lipinski definition) is 3. The number of amides is 1. The number of likely N-dealkylation sites (tertiary alicyclic amines) is 1. The monoisotopic (exact) mass is 363 g/mol. The van der Waals surface area contributed by atoms with E-state index < -0.39 is 18.1 Å². The molecule has 27 heavy (non-hydrogen) atoms. The van der Waals surface area contributed by atoms with Crippen LogP contribution in [0.4, 0.5) is 4.79 Å². The van der Waals surface area contributed by atoms with Crippen LogP contribution in [0.25, 0.3) is 11.1 Å². The molecule has 1 atom stereocenters. The van der Waals surface area contributed by atoms with Gasteiger partial charge in [-0.25, -0.2) is 9.59 Å². The van der Waals surface area contributed by atoms with Gasteiger partial charge >= 0.3 is 12.1 Å². The number of carbonyl (C=O) groups excluding carboxylic acids is 1. The van der Waals surface area contributed by atoms with E-state index in [4.69, 9.17) is 4.74 Å². The average Bonchev–Trinajstić information content (AvgIpc) is 3.20. The highest BCUT2D eigenvalue weighted by molar-refractivity contribution is 5.82. The van der Waals surface area contributed by atoms with E-state index in [0.717, 1.165) is 24.0 Å². The van der Waals surface area contributed by atoms with Gasteiger partial charge < -0.3 is 9.84 Å². The number of aliphatic carboxylic acids is 1. The predicted octanol–water partition coefficient (Wildman–Crippen LogP) is 3.87. The Hall–Kier alpha value is -2.82. The van der Waals surface area contributed by atoms with E-state index in [1.165, 1.54) is 16.0 Å². The molecule has 1 amide bonds. The van der Waals surface area contributed by atoms with Crippen LogP contribution in [0.3, 0.4) is 0 Å². The number of carboxylic acids is 1. The van der Waals surface area contributed by atoms with Gasteiger partial charge in [0, 0.05) is 12.5 Å². The van der Waals surface area contributed by atoms with Crippen molar-refractivity contribution in [1.82, 2.24) is 4.90 Å². The van der Waals surface area contributed by atoms with E-state index in [-0.39, 0.29) is 17.9 Å². The molecule has 1 unspecified atom stereocenters. The van der Waals surface area contributed by atoms with Crippen LogP contribution in [0.2, 0.25) is 0 Å². The zero-order valence-corrected chi connectivity index (χ0v) is 14.9. The number of rotatable bonds is 3. The van der Waals surface area contributed by atoms with Crippen molar-refractivity contribution in [3.05, 3.63) is 59.7 Å². The Morgan fingerprint density at radius 3 is 2.19 bits per heavy atom. The third kappa shape index (κ3) is 2.60. The molecule has 2 fully saturated rings. The van der Waals surface area contributed by atoms with Gasteiger partial charge in [0.25, 0.3) is 0 Å². The van der Waals surface area contributed by atoms with E-state index in [9.17, 15) is 14.7 Å². The maximum Gasteiger partial charge on any atom is 0.410 e. The molecular weight excluding hydrogens is 342 g/mol. The molecule has 1 saturated carbocycles. The third-order valence-corrected chi connectivity index (χ3v) is 6.32. The maximum absolute atomic E-state index is 12.7. The highest BCUT2D eigenvalue weighted by Crippen LogP contribution is 2.55. The summed E-state index contributed by atoms with van der Waals surface area (Å²) in [5.74, 6) is -0.950. The molecule has 0 bridgehead atoms. The Labute approximate surface area is 157 Å². The van der Waals surface area contributed by atoms with Crippen molar-refractivity contribution in [3.8, 4) is 11.1 Å². The summed E-state index contributed by atoms with van der Waals surface area (Å²) in [6, 6.07) is 15.6. The van der Waals surface area contributed by atoms with Crippen molar-refractivity contribution in [2.75, 3.05) is 13.2 Å². The summed E-state index contributed by atoms with van der Waals surface area (Å²) in [7, 11) is 0. The smallest absolute Gasteiger partial charge is 0.410 e. The molecule has 1 saturated heterocycles. The second-order valence-corrected chi connectivity index (χ2v) is 7.99. The molecule has 1 spiro atoms. The summed E-state index contributed by atoms with van der Waals surface area (Å²) in [6.45, 7) is 0.726.